The van der Waals surface area contributed by atoms with Gasteiger partial charge in [0.1, 0.15) is 5.82 Å². The summed E-state index contributed by atoms with van der Waals surface area (Å²) in [7, 11) is 2.01. The Labute approximate surface area is 89.9 Å². The van der Waals surface area contributed by atoms with Crippen molar-refractivity contribution in [3.63, 3.8) is 0 Å². The Balaban J connectivity index is 2.88. The number of halogens is 1. The summed E-state index contributed by atoms with van der Waals surface area (Å²) in [6.07, 6.45) is 1.10. The van der Waals surface area contributed by atoms with E-state index in [1.807, 2.05) is 19.2 Å². The maximum Gasteiger partial charge on any atom is 0.128 e. The molecule has 0 aliphatic rings. The fourth-order valence-electron chi connectivity index (χ4n) is 1.28. The third-order valence-corrected chi connectivity index (χ3v) is 2.39. The van der Waals surface area contributed by atoms with E-state index in [0.717, 1.165) is 24.5 Å². The Morgan fingerprint density at radius 2 is 2.21 bits per heavy atom. The Kier molecular flexibility index (Phi) is 4.17. The van der Waals surface area contributed by atoms with Crippen molar-refractivity contribution in [2.24, 2.45) is 5.73 Å². The van der Waals surface area contributed by atoms with Crippen molar-refractivity contribution in [3.05, 3.63) is 22.8 Å². The molecule has 0 saturated heterocycles. The molecule has 1 rings (SSSR count). The summed E-state index contributed by atoms with van der Waals surface area (Å²) < 4.78 is 0. The topological polar surface area (TPSA) is 42.1 Å². The number of nitrogens with zero attached hydrogens (tertiary/aromatic N) is 2. The molecule has 0 unspecified atom stereocenters. The van der Waals surface area contributed by atoms with E-state index < -0.39 is 0 Å². The molecule has 0 bridgehead atoms. The van der Waals surface area contributed by atoms with Gasteiger partial charge in [0.15, 0.2) is 0 Å². The minimum absolute atomic E-state index is 0.382. The van der Waals surface area contributed by atoms with Crippen LogP contribution < -0.4 is 10.6 Å². The summed E-state index contributed by atoms with van der Waals surface area (Å²) in [5.74, 6) is 0.928. The Bertz CT molecular complexity index is 301. The second-order valence-corrected chi connectivity index (χ2v) is 3.63. The minimum Gasteiger partial charge on any atom is -0.360 e. The largest absolute Gasteiger partial charge is 0.360 e. The fourth-order valence-corrected chi connectivity index (χ4v) is 1.46. The van der Waals surface area contributed by atoms with Gasteiger partial charge < -0.3 is 10.6 Å². The van der Waals surface area contributed by atoms with Gasteiger partial charge in [0.05, 0.1) is 10.7 Å². The van der Waals surface area contributed by atoms with Gasteiger partial charge >= 0.3 is 0 Å². The minimum atomic E-state index is 0.382. The van der Waals surface area contributed by atoms with E-state index >= 15 is 0 Å². The number of pyridine rings is 1. The summed E-state index contributed by atoms with van der Waals surface area (Å²) in [6, 6.07) is 3.76. The quantitative estimate of drug-likeness (QED) is 0.833. The van der Waals surface area contributed by atoms with Gasteiger partial charge in [0.25, 0.3) is 0 Å². The molecule has 4 heteroatoms. The van der Waals surface area contributed by atoms with Crippen LogP contribution in [0.25, 0.3) is 0 Å². The highest BCUT2D eigenvalue weighted by atomic mass is 35.5. The van der Waals surface area contributed by atoms with E-state index in [0.29, 0.717) is 11.6 Å². The van der Waals surface area contributed by atoms with Gasteiger partial charge in [-0.2, -0.15) is 0 Å². The van der Waals surface area contributed by atoms with E-state index in [1.54, 1.807) is 0 Å². The van der Waals surface area contributed by atoms with E-state index in [-0.39, 0.29) is 0 Å². The van der Waals surface area contributed by atoms with Crippen LogP contribution in [0.4, 0.5) is 5.82 Å². The number of anilines is 1. The van der Waals surface area contributed by atoms with Crippen molar-refractivity contribution in [2.75, 3.05) is 18.5 Å². The maximum absolute atomic E-state index is 5.92. The summed E-state index contributed by atoms with van der Waals surface area (Å²) >= 11 is 5.92. The van der Waals surface area contributed by atoms with Crippen LogP contribution in [0.3, 0.4) is 0 Å². The number of aromatic nitrogens is 1. The van der Waals surface area contributed by atoms with Gasteiger partial charge in [-0.1, -0.05) is 18.5 Å². The zero-order chi connectivity index (χ0) is 10.6. The first-order chi connectivity index (χ1) is 6.69. The number of hydrogen-bond donors (Lipinski definition) is 1. The van der Waals surface area contributed by atoms with Crippen molar-refractivity contribution in [1.82, 2.24) is 4.98 Å². The summed E-state index contributed by atoms with van der Waals surface area (Å²) in [6.45, 7) is 3.50. The lowest BCUT2D eigenvalue weighted by molar-refractivity contribution is 0.829. The number of nitrogens with two attached hydrogens (primary N) is 1. The molecule has 0 saturated carbocycles. The first-order valence-corrected chi connectivity index (χ1v) is 5.13. The lowest BCUT2D eigenvalue weighted by Crippen LogP contribution is -2.19. The molecule has 0 amide bonds. The average Bonchev–Trinajstić information content (AvgIpc) is 2.19. The first kappa shape index (κ1) is 11.3. The molecular weight excluding hydrogens is 198 g/mol. The molecule has 0 fully saturated rings. The maximum atomic E-state index is 5.92. The third kappa shape index (κ3) is 2.59. The fraction of sp³-hybridized carbons (Fsp3) is 0.500. The van der Waals surface area contributed by atoms with Crippen LogP contribution in [-0.4, -0.2) is 18.6 Å². The molecule has 0 aliphatic carbocycles. The SMILES string of the molecule is CCCN(C)c1ccc(Cl)c(CN)n1. The van der Waals surface area contributed by atoms with Crippen molar-refractivity contribution in [1.29, 1.82) is 0 Å². The molecule has 3 nitrogen and oxygen atoms in total. The van der Waals surface area contributed by atoms with E-state index in [1.165, 1.54) is 0 Å². The van der Waals surface area contributed by atoms with Crippen LogP contribution in [-0.2, 0) is 6.54 Å². The zero-order valence-electron chi connectivity index (χ0n) is 8.63. The monoisotopic (exact) mass is 213 g/mol. The Morgan fingerprint density at radius 3 is 2.79 bits per heavy atom. The third-order valence-electron chi connectivity index (χ3n) is 2.05. The predicted molar refractivity (Wildman–Crippen MR) is 60.7 cm³/mol. The second kappa shape index (κ2) is 5.17. The molecule has 78 valence electrons. The van der Waals surface area contributed by atoms with Crippen molar-refractivity contribution in [2.45, 2.75) is 19.9 Å². The molecular formula is C10H16ClN3. The van der Waals surface area contributed by atoms with Crippen molar-refractivity contribution >= 4 is 17.4 Å². The normalized spacial score (nSPS) is 10.3. The molecule has 0 aromatic carbocycles. The molecule has 0 atom stereocenters. The number of rotatable bonds is 4. The standard InChI is InChI=1S/C10H16ClN3/c1-3-6-14(2)10-5-4-8(11)9(7-12)13-10/h4-5H,3,6-7,12H2,1-2H3. The highest BCUT2D eigenvalue weighted by Crippen LogP contribution is 2.18. The Morgan fingerprint density at radius 1 is 1.50 bits per heavy atom. The van der Waals surface area contributed by atoms with Crippen LogP contribution in [0.2, 0.25) is 5.02 Å². The van der Waals surface area contributed by atoms with Gasteiger partial charge in [-0.15, -0.1) is 0 Å². The van der Waals surface area contributed by atoms with Gasteiger partial charge in [0, 0.05) is 20.1 Å². The first-order valence-electron chi connectivity index (χ1n) is 4.75. The van der Waals surface area contributed by atoms with Crippen LogP contribution in [0.15, 0.2) is 12.1 Å². The van der Waals surface area contributed by atoms with E-state index in [4.69, 9.17) is 17.3 Å². The van der Waals surface area contributed by atoms with E-state index in [9.17, 15) is 0 Å². The van der Waals surface area contributed by atoms with Crippen LogP contribution in [0.1, 0.15) is 19.0 Å². The smallest absolute Gasteiger partial charge is 0.128 e. The molecule has 1 heterocycles. The summed E-state index contributed by atoms with van der Waals surface area (Å²) in [4.78, 5) is 6.47. The lowest BCUT2D eigenvalue weighted by atomic mass is 10.3. The zero-order valence-corrected chi connectivity index (χ0v) is 9.38. The average molecular weight is 214 g/mol. The molecule has 14 heavy (non-hydrogen) atoms. The van der Waals surface area contributed by atoms with Gasteiger partial charge in [-0.05, 0) is 18.6 Å². The van der Waals surface area contributed by atoms with E-state index in [2.05, 4.69) is 16.8 Å². The van der Waals surface area contributed by atoms with Gasteiger partial charge in [-0.3, -0.25) is 0 Å². The molecule has 1 aromatic heterocycles. The molecule has 0 radical (unpaired) electrons. The van der Waals surface area contributed by atoms with Crippen LogP contribution in [0.5, 0.6) is 0 Å². The highest BCUT2D eigenvalue weighted by molar-refractivity contribution is 6.31. The lowest BCUT2D eigenvalue weighted by Gasteiger charge is -2.17. The van der Waals surface area contributed by atoms with Crippen LogP contribution >= 0.6 is 11.6 Å². The Hall–Kier alpha value is -0.800. The molecule has 2 N–H and O–H groups in total. The molecule has 0 aliphatic heterocycles. The highest BCUT2D eigenvalue weighted by Gasteiger charge is 2.05. The van der Waals surface area contributed by atoms with Gasteiger partial charge in [0.2, 0.25) is 0 Å². The van der Waals surface area contributed by atoms with Gasteiger partial charge in [-0.25, -0.2) is 4.98 Å². The molecule has 0 spiro atoms. The second-order valence-electron chi connectivity index (χ2n) is 3.22. The number of hydrogen-bond acceptors (Lipinski definition) is 3. The predicted octanol–water partition coefficient (Wildman–Crippen LogP) is 2.04. The summed E-state index contributed by atoms with van der Waals surface area (Å²) in [5.41, 5.74) is 6.28. The molecule has 1 aromatic rings. The van der Waals surface area contributed by atoms with Crippen molar-refractivity contribution in [3.8, 4) is 0 Å². The van der Waals surface area contributed by atoms with Crippen LogP contribution in [0, 0.1) is 0 Å². The summed E-state index contributed by atoms with van der Waals surface area (Å²) in [5, 5.41) is 0.640. The van der Waals surface area contributed by atoms with Crippen molar-refractivity contribution < 1.29 is 0 Å².